The van der Waals surface area contributed by atoms with Crippen LogP contribution in [0.1, 0.15) is 41.9 Å². The molecular weight excluding hydrogens is 204 g/mol. The van der Waals surface area contributed by atoms with Crippen molar-refractivity contribution in [3.63, 3.8) is 0 Å². The molecule has 0 aromatic carbocycles. The first-order chi connectivity index (χ1) is 7.36. The Balaban J connectivity index is 3.22. The van der Waals surface area contributed by atoms with E-state index in [-0.39, 0.29) is 0 Å². The first kappa shape index (κ1) is 12.6. The van der Waals surface area contributed by atoms with Crippen molar-refractivity contribution in [2.24, 2.45) is 5.73 Å². The van der Waals surface area contributed by atoms with E-state index in [0.717, 1.165) is 5.56 Å². The SMILES string of the molecule is [CH2]CCc1cc(C(C)(C)O)ncc1C(N)=O. The smallest absolute Gasteiger partial charge is 0.250 e. The molecule has 0 saturated heterocycles. The number of rotatable bonds is 4. The molecule has 1 aromatic heterocycles. The lowest BCUT2D eigenvalue weighted by atomic mass is 9.98. The van der Waals surface area contributed by atoms with Gasteiger partial charge in [-0.2, -0.15) is 0 Å². The highest BCUT2D eigenvalue weighted by atomic mass is 16.3. The van der Waals surface area contributed by atoms with E-state index < -0.39 is 11.5 Å². The summed E-state index contributed by atoms with van der Waals surface area (Å²) < 4.78 is 0. The van der Waals surface area contributed by atoms with E-state index in [1.807, 2.05) is 0 Å². The number of amides is 1. The van der Waals surface area contributed by atoms with Gasteiger partial charge in [-0.25, -0.2) is 0 Å². The fourth-order valence-electron chi connectivity index (χ4n) is 1.45. The van der Waals surface area contributed by atoms with E-state index in [1.165, 1.54) is 6.20 Å². The Kier molecular flexibility index (Phi) is 3.65. The summed E-state index contributed by atoms with van der Waals surface area (Å²) in [4.78, 5) is 15.2. The van der Waals surface area contributed by atoms with Crippen molar-refractivity contribution < 1.29 is 9.90 Å². The van der Waals surface area contributed by atoms with Gasteiger partial charge in [-0.05, 0) is 38.3 Å². The van der Waals surface area contributed by atoms with Crippen LogP contribution >= 0.6 is 0 Å². The minimum absolute atomic E-state index is 0.400. The maximum atomic E-state index is 11.2. The van der Waals surface area contributed by atoms with Crippen LogP contribution in [0.5, 0.6) is 0 Å². The maximum absolute atomic E-state index is 11.2. The minimum atomic E-state index is -1.02. The summed E-state index contributed by atoms with van der Waals surface area (Å²) >= 11 is 0. The van der Waals surface area contributed by atoms with Crippen molar-refractivity contribution in [3.8, 4) is 0 Å². The number of pyridine rings is 1. The van der Waals surface area contributed by atoms with Crippen molar-refractivity contribution in [1.82, 2.24) is 4.98 Å². The number of carbonyl (C=O) groups is 1. The van der Waals surface area contributed by atoms with Gasteiger partial charge in [-0.15, -0.1) is 0 Å². The van der Waals surface area contributed by atoms with E-state index in [9.17, 15) is 9.90 Å². The number of aliphatic hydroxyl groups is 1. The standard InChI is InChI=1S/C12H17N2O2/c1-4-5-8-6-10(12(2,3)16)14-7-9(8)11(13)15/h6-7,16H,1,4-5H2,2-3H3,(H2,13,15). The predicted molar refractivity (Wildman–Crippen MR) is 61.7 cm³/mol. The molecule has 0 aliphatic carbocycles. The summed E-state index contributed by atoms with van der Waals surface area (Å²) in [5, 5.41) is 9.82. The van der Waals surface area contributed by atoms with Gasteiger partial charge < -0.3 is 10.8 Å². The van der Waals surface area contributed by atoms with Crippen LogP contribution in [0.15, 0.2) is 12.3 Å². The Morgan fingerprint density at radius 3 is 2.69 bits per heavy atom. The lowest BCUT2D eigenvalue weighted by Gasteiger charge is -2.18. The molecule has 87 valence electrons. The first-order valence-electron chi connectivity index (χ1n) is 5.17. The quantitative estimate of drug-likeness (QED) is 0.801. The van der Waals surface area contributed by atoms with E-state index in [4.69, 9.17) is 5.73 Å². The summed E-state index contributed by atoms with van der Waals surface area (Å²) in [7, 11) is 0. The molecule has 0 bridgehead atoms. The number of nitrogens with two attached hydrogens (primary N) is 1. The van der Waals surface area contributed by atoms with Gasteiger partial charge in [-0.1, -0.05) is 6.92 Å². The average Bonchev–Trinajstić information content (AvgIpc) is 2.16. The normalized spacial score (nSPS) is 11.5. The molecule has 1 aromatic rings. The molecule has 0 aliphatic rings. The van der Waals surface area contributed by atoms with Gasteiger partial charge in [0, 0.05) is 6.20 Å². The molecule has 16 heavy (non-hydrogen) atoms. The van der Waals surface area contributed by atoms with Crippen molar-refractivity contribution in [3.05, 3.63) is 36.0 Å². The van der Waals surface area contributed by atoms with Gasteiger partial charge >= 0.3 is 0 Å². The summed E-state index contributed by atoms with van der Waals surface area (Å²) in [5.74, 6) is -0.502. The third-order valence-corrected chi connectivity index (χ3v) is 2.33. The zero-order chi connectivity index (χ0) is 12.3. The average molecular weight is 221 g/mol. The number of primary amides is 1. The topological polar surface area (TPSA) is 76.2 Å². The van der Waals surface area contributed by atoms with Crippen LogP contribution in [0, 0.1) is 6.92 Å². The summed E-state index contributed by atoms with van der Waals surface area (Å²) in [5.41, 5.74) is 5.94. The van der Waals surface area contributed by atoms with Gasteiger partial charge in [0.2, 0.25) is 0 Å². The monoisotopic (exact) mass is 221 g/mol. The summed E-state index contributed by atoms with van der Waals surface area (Å²) in [6, 6.07) is 1.71. The molecule has 1 heterocycles. The Morgan fingerprint density at radius 2 is 2.25 bits per heavy atom. The molecule has 0 aliphatic heterocycles. The van der Waals surface area contributed by atoms with E-state index in [1.54, 1.807) is 19.9 Å². The zero-order valence-corrected chi connectivity index (χ0v) is 9.66. The van der Waals surface area contributed by atoms with Gasteiger partial charge in [0.1, 0.15) is 5.60 Å². The second kappa shape index (κ2) is 4.61. The molecule has 0 atom stereocenters. The van der Waals surface area contributed by atoms with Crippen LogP contribution in [0.25, 0.3) is 0 Å². The van der Waals surface area contributed by atoms with E-state index in [0.29, 0.717) is 24.1 Å². The van der Waals surface area contributed by atoms with Gasteiger partial charge in [0.05, 0.1) is 11.3 Å². The van der Waals surface area contributed by atoms with Crippen LogP contribution in [-0.4, -0.2) is 16.0 Å². The fourth-order valence-corrected chi connectivity index (χ4v) is 1.45. The Hall–Kier alpha value is -1.42. The number of hydrogen-bond donors (Lipinski definition) is 2. The second-order valence-corrected chi connectivity index (χ2v) is 4.25. The Morgan fingerprint density at radius 1 is 1.62 bits per heavy atom. The highest BCUT2D eigenvalue weighted by Gasteiger charge is 2.20. The fraction of sp³-hybridized carbons (Fsp3) is 0.417. The van der Waals surface area contributed by atoms with Crippen LogP contribution in [0.4, 0.5) is 0 Å². The highest BCUT2D eigenvalue weighted by Crippen LogP contribution is 2.20. The summed E-state index contributed by atoms with van der Waals surface area (Å²) in [6.07, 6.45) is 2.72. The number of carbonyl (C=O) groups excluding carboxylic acids is 1. The van der Waals surface area contributed by atoms with E-state index in [2.05, 4.69) is 11.9 Å². The number of nitrogens with zero attached hydrogens (tertiary/aromatic N) is 1. The molecule has 4 nitrogen and oxygen atoms in total. The molecule has 3 N–H and O–H groups in total. The Bertz CT molecular complexity index is 394. The number of aromatic nitrogens is 1. The highest BCUT2D eigenvalue weighted by molar-refractivity contribution is 5.94. The molecule has 0 unspecified atom stereocenters. The van der Waals surface area contributed by atoms with Gasteiger partial charge in [-0.3, -0.25) is 9.78 Å². The number of aryl methyl sites for hydroxylation is 1. The molecule has 0 spiro atoms. The van der Waals surface area contributed by atoms with Crippen LogP contribution in [-0.2, 0) is 12.0 Å². The van der Waals surface area contributed by atoms with Gasteiger partial charge in [0.15, 0.2) is 0 Å². The molecule has 1 amide bonds. The third-order valence-electron chi connectivity index (χ3n) is 2.33. The van der Waals surface area contributed by atoms with Crippen LogP contribution in [0.2, 0.25) is 0 Å². The minimum Gasteiger partial charge on any atom is -0.384 e. The second-order valence-electron chi connectivity index (χ2n) is 4.25. The predicted octanol–water partition coefficient (Wildman–Crippen LogP) is 1.17. The van der Waals surface area contributed by atoms with Crippen molar-refractivity contribution in [1.29, 1.82) is 0 Å². The molecule has 1 rings (SSSR count). The van der Waals surface area contributed by atoms with Crippen molar-refractivity contribution in [2.45, 2.75) is 32.3 Å². The van der Waals surface area contributed by atoms with Crippen LogP contribution < -0.4 is 5.73 Å². The van der Waals surface area contributed by atoms with E-state index >= 15 is 0 Å². The molecule has 1 radical (unpaired) electrons. The summed E-state index contributed by atoms with van der Waals surface area (Å²) in [6.45, 7) is 7.03. The van der Waals surface area contributed by atoms with Crippen molar-refractivity contribution >= 4 is 5.91 Å². The zero-order valence-electron chi connectivity index (χ0n) is 9.66. The molecular formula is C12H17N2O2. The lowest BCUT2D eigenvalue weighted by Crippen LogP contribution is -2.20. The first-order valence-corrected chi connectivity index (χ1v) is 5.17. The third kappa shape index (κ3) is 2.79. The van der Waals surface area contributed by atoms with Crippen molar-refractivity contribution in [2.75, 3.05) is 0 Å². The Labute approximate surface area is 95.5 Å². The van der Waals surface area contributed by atoms with Crippen LogP contribution in [0.3, 0.4) is 0 Å². The molecule has 0 saturated carbocycles. The maximum Gasteiger partial charge on any atom is 0.250 e. The largest absolute Gasteiger partial charge is 0.384 e. The lowest BCUT2D eigenvalue weighted by molar-refractivity contribution is 0.0735. The molecule has 0 fully saturated rings. The molecule has 4 heteroatoms. The number of hydrogen-bond acceptors (Lipinski definition) is 3. The van der Waals surface area contributed by atoms with Gasteiger partial charge in [0.25, 0.3) is 5.91 Å².